The fraction of sp³-hybridized carbons (Fsp3) is 0.375. The summed E-state index contributed by atoms with van der Waals surface area (Å²) in [6.07, 6.45) is -0.159. The fourth-order valence-electron chi connectivity index (χ4n) is 3.08. The van der Waals surface area contributed by atoms with Crippen molar-refractivity contribution in [2.24, 2.45) is 0 Å². The topological polar surface area (TPSA) is 72.8 Å². The van der Waals surface area contributed by atoms with Crippen molar-refractivity contribution in [1.82, 2.24) is 0 Å². The molecule has 2 atom stereocenters. The van der Waals surface area contributed by atoms with E-state index in [1.807, 2.05) is 6.92 Å². The van der Waals surface area contributed by atoms with Crippen molar-refractivity contribution in [3.63, 3.8) is 0 Å². The summed E-state index contributed by atoms with van der Waals surface area (Å²) in [6.45, 7) is 3.62. The van der Waals surface area contributed by atoms with E-state index in [1.54, 1.807) is 6.92 Å². The van der Waals surface area contributed by atoms with Crippen LogP contribution in [-0.4, -0.2) is 36.0 Å². The van der Waals surface area contributed by atoms with Crippen molar-refractivity contribution in [1.29, 1.82) is 0 Å². The van der Waals surface area contributed by atoms with E-state index in [4.69, 9.17) is 9.47 Å². The van der Waals surface area contributed by atoms with Crippen LogP contribution in [0.1, 0.15) is 41.0 Å². The summed E-state index contributed by atoms with van der Waals surface area (Å²) >= 11 is 0. The molecule has 1 aromatic carbocycles. The number of phenolic OH excluding ortho intramolecular Hbond substituents is 1. The summed E-state index contributed by atoms with van der Waals surface area (Å²) in [5.41, 5.74) is 1.11. The minimum Gasteiger partial charge on any atom is -0.507 e. The molecule has 1 heterocycles. The molecule has 0 fully saturated rings. The van der Waals surface area contributed by atoms with Gasteiger partial charge in [0.05, 0.1) is 24.9 Å². The Hall–Kier alpha value is -2.14. The minimum absolute atomic E-state index is 0.0459. The van der Waals surface area contributed by atoms with Crippen LogP contribution >= 0.6 is 0 Å². The molecule has 5 heteroatoms. The van der Waals surface area contributed by atoms with E-state index in [9.17, 15) is 14.7 Å². The first-order valence-electron chi connectivity index (χ1n) is 6.83. The molecule has 0 amide bonds. The van der Waals surface area contributed by atoms with Crippen LogP contribution in [0.4, 0.5) is 0 Å². The van der Waals surface area contributed by atoms with Gasteiger partial charge in [-0.05, 0) is 19.9 Å². The molecule has 0 radical (unpaired) electrons. The molecular weight excluding hydrogens is 272 g/mol. The number of carbonyl (C=O) groups excluding carboxylic acids is 2. The molecule has 1 aliphatic heterocycles. The number of aromatic hydroxyl groups is 1. The van der Waals surface area contributed by atoms with Crippen molar-refractivity contribution >= 4 is 11.6 Å². The largest absolute Gasteiger partial charge is 0.507 e. The lowest BCUT2D eigenvalue weighted by atomic mass is 9.78. The van der Waals surface area contributed by atoms with Crippen LogP contribution in [0.3, 0.4) is 0 Å². The molecule has 0 aromatic heterocycles. The number of hydrogen-bond acceptors (Lipinski definition) is 5. The van der Waals surface area contributed by atoms with Crippen LogP contribution in [0, 0.1) is 0 Å². The van der Waals surface area contributed by atoms with Crippen molar-refractivity contribution < 1.29 is 24.2 Å². The number of rotatable bonds is 1. The minimum atomic E-state index is -0.449. The molecule has 2 aliphatic rings. The van der Waals surface area contributed by atoms with Crippen molar-refractivity contribution in [3.8, 4) is 11.5 Å². The van der Waals surface area contributed by atoms with Crippen LogP contribution in [0.2, 0.25) is 0 Å². The van der Waals surface area contributed by atoms with Gasteiger partial charge in [0.1, 0.15) is 11.5 Å². The third-order valence-corrected chi connectivity index (χ3v) is 3.98. The highest BCUT2D eigenvalue weighted by Gasteiger charge is 2.40. The highest BCUT2D eigenvalue weighted by atomic mass is 16.5. The Labute approximate surface area is 122 Å². The number of hydrogen-bond donors (Lipinski definition) is 1. The molecule has 1 aromatic rings. The maximum Gasteiger partial charge on any atom is 0.196 e. The summed E-state index contributed by atoms with van der Waals surface area (Å²) in [5.74, 6) is -0.445. The predicted octanol–water partition coefficient (Wildman–Crippen LogP) is 2.27. The van der Waals surface area contributed by atoms with E-state index in [0.717, 1.165) is 0 Å². The Balaban J connectivity index is 2.23. The maximum atomic E-state index is 12.7. The van der Waals surface area contributed by atoms with Crippen LogP contribution in [-0.2, 0) is 4.74 Å². The molecule has 1 aliphatic carbocycles. The second-order valence-electron chi connectivity index (χ2n) is 5.41. The van der Waals surface area contributed by atoms with E-state index in [1.165, 1.54) is 19.2 Å². The predicted molar refractivity (Wildman–Crippen MR) is 75.0 cm³/mol. The molecule has 0 spiro atoms. The van der Waals surface area contributed by atoms with Gasteiger partial charge in [-0.25, -0.2) is 0 Å². The Morgan fingerprint density at radius 3 is 2.62 bits per heavy atom. The molecule has 0 unspecified atom stereocenters. The average Bonchev–Trinajstić information content (AvgIpc) is 2.43. The van der Waals surface area contributed by atoms with Gasteiger partial charge in [0.25, 0.3) is 0 Å². The molecular formula is C16H16O5. The summed E-state index contributed by atoms with van der Waals surface area (Å²) in [6, 6.07) is 2.84. The number of phenols is 1. The molecule has 3 rings (SSSR count). The van der Waals surface area contributed by atoms with Crippen molar-refractivity contribution in [2.45, 2.75) is 32.5 Å². The third-order valence-electron chi connectivity index (χ3n) is 3.98. The molecule has 0 saturated heterocycles. The lowest BCUT2D eigenvalue weighted by molar-refractivity contribution is 0.0148. The summed E-state index contributed by atoms with van der Waals surface area (Å²) in [4.78, 5) is 25.3. The van der Waals surface area contributed by atoms with Crippen LogP contribution < -0.4 is 4.74 Å². The smallest absolute Gasteiger partial charge is 0.196 e. The first kappa shape index (κ1) is 13.8. The summed E-state index contributed by atoms with van der Waals surface area (Å²) < 4.78 is 10.7. The molecule has 0 saturated carbocycles. The van der Waals surface area contributed by atoms with E-state index < -0.39 is 6.10 Å². The van der Waals surface area contributed by atoms with Gasteiger partial charge in [-0.15, -0.1) is 0 Å². The number of fused-ring (bicyclic) bond motifs is 1. The van der Waals surface area contributed by atoms with E-state index in [2.05, 4.69) is 0 Å². The van der Waals surface area contributed by atoms with Crippen LogP contribution in [0.5, 0.6) is 11.5 Å². The zero-order valence-electron chi connectivity index (χ0n) is 12.1. The highest BCUT2D eigenvalue weighted by molar-refractivity contribution is 6.28. The zero-order valence-corrected chi connectivity index (χ0v) is 12.1. The number of methoxy groups -OCH3 is 1. The second-order valence-corrected chi connectivity index (χ2v) is 5.41. The number of ether oxygens (including phenoxy) is 2. The second kappa shape index (κ2) is 4.70. The van der Waals surface area contributed by atoms with Gasteiger partial charge in [0.2, 0.25) is 0 Å². The van der Waals surface area contributed by atoms with Gasteiger partial charge in [-0.2, -0.15) is 0 Å². The first-order chi connectivity index (χ1) is 9.93. The summed E-state index contributed by atoms with van der Waals surface area (Å²) in [7, 11) is 1.44. The highest BCUT2D eigenvalue weighted by Crippen LogP contribution is 2.40. The Morgan fingerprint density at radius 2 is 1.95 bits per heavy atom. The Morgan fingerprint density at radius 1 is 1.24 bits per heavy atom. The van der Waals surface area contributed by atoms with Gasteiger partial charge in [0, 0.05) is 29.2 Å². The standard InChI is InChI=1S/C16H16O5/c1-7-4-10-13(8(2)21-7)16(19)14-11(15(10)18)5-9(20-3)6-12(14)17/h5-8,17H,4H2,1-3H3/t7-,8-/m0/s1. The van der Waals surface area contributed by atoms with Crippen LogP contribution in [0.25, 0.3) is 0 Å². The normalized spacial score (nSPS) is 24.7. The average molecular weight is 288 g/mol. The van der Waals surface area contributed by atoms with Gasteiger partial charge in [-0.1, -0.05) is 0 Å². The van der Waals surface area contributed by atoms with Crippen molar-refractivity contribution in [3.05, 3.63) is 34.4 Å². The zero-order chi connectivity index (χ0) is 15.3. The third kappa shape index (κ3) is 1.96. The fourth-order valence-corrected chi connectivity index (χ4v) is 3.08. The lowest BCUT2D eigenvalue weighted by Gasteiger charge is -2.32. The SMILES string of the molecule is COc1cc(O)c2c(c1)C(=O)C1=C(C2=O)[C@H](C)O[C@@H](C)C1. The number of ketones is 2. The van der Waals surface area contributed by atoms with E-state index >= 15 is 0 Å². The van der Waals surface area contributed by atoms with Crippen LogP contribution in [0.15, 0.2) is 23.3 Å². The number of Topliss-reactive ketones (excluding diaryl/α,β-unsaturated/α-hetero) is 2. The molecule has 5 nitrogen and oxygen atoms in total. The van der Waals surface area contributed by atoms with Gasteiger partial charge in [-0.3, -0.25) is 9.59 Å². The number of benzene rings is 1. The van der Waals surface area contributed by atoms with E-state index in [-0.39, 0.29) is 34.5 Å². The Kier molecular flexibility index (Phi) is 3.10. The molecule has 21 heavy (non-hydrogen) atoms. The molecule has 0 bridgehead atoms. The van der Waals surface area contributed by atoms with Crippen molar-refractivity contribution in [2.75, 3.05) is 7.11 Å². The van der Waals surface area contributed by atoms with Gasteiger partial charge >= 0.3 is 0 Å². The van der Waals surface area contributed by atoms with Gasteiger partial charge < -0.3 is 14.6 Å². The van der Waals surface area contributed by atoms with E-state index in [0.29, 0.717) is 23.3 Å². The molecule has 1 N–H and O–H groups in total. The van der Waals surface area contributed by atoms with Gasteiger partial charge in [0.15, 0.2) is 11.6 Å². The monoisotopic (exact) mass is 288 g/mol. The maximum absolute atomic E-state index is 12.7. The summed E-state index contributed by atoms with van der Waals surface area (Å²) in [5, 5.41) is 10.1. The Bertz CT molecular complexity index is 686. The lowest BCUT2D eigenvalue weighted by Crippen LogP contribution is -2.36. The molecule has 110 valence electrons. The quantitative estimate of drug-likeness (QED) is 0.858. The first-order valence-corrected chi connectivity index (χ1v) is 6.83. The number of carbonyl (C=O) groups is 2.